The predicted octanol–water partition coefficient (Wildman–Crippen LogP) is 4.15. The van der Waals surface area contributed by atoms with Gasteiger partial charge >= 0.3 is 0 Å². The van der Waals surface area contributed by atoms with Crippen LogP contribution in [-0.2, 0) is 14.8 Å². The summed E-state index contributed by atoms with van der Waals surface area (Å²) in [5.74, 6) is 0.563. The number of amides is 1. The van der Waals surface area contributed by atoms with E-state index in [0.717, 1.165) is 17.7 Å². The van der Waals surface area contributed by atoms with Crippen molar-refractivity contribution >= 4 is 33.4 Å². The molecule has 2 aromatic carbocycles. The Hall–Kier alpha value is -1.83. The second kappa shape index (κ2) is 9.11. The number of nitrogens with zero attached hydrogens (tertiary/aromatic N) is 1. The number of hydrogen-bond acceptors (Lipinski definition) is 4. The van der Waals surface area contributed by atoms with Crippen molar-refractivity contribution in [3.63, 3.8) is 0 Å². The minimum Gasteiger partial charge on any atom is -0.325 e. The Morgan fingerprint density at radius 2 is 1.82 bits per heavy atom. The van der Waals surface area contributed by atoms with Crippen LogP contribution in [0.3, 0.4) is 0 Å². The second-order valence-electron chi connectivity index (χ2n) is 7.28. The molecule has 1 fully saturated rings. The maximum Gasteiger partial charge on any atom is 0.243 e. The van der Waals surface area contributed by atoms with E-state index >= 15 is 0 Å². The highest BCUT2D eigenvalue weighted by Gasteiger charge is 2.28. The van der Waals surface area contributed by atoms with Gasteiger partial charge in [0, 0.05) is 23.7 Å². The van der Waals surface area contributed by atoms with Crippen LogP contribution in [0.15, 0.2) is 58.3 Å². The zero-order valence-corrected chi connectivity index (χ0v) is 17.9. The second-order valence-corrected chi connectivity index (χ2v) is 10.3. The number of hydrogen-bond donors (Lipinski definition) is 1. The Balaban J connectivity index is 1.57. The number of aryl methyl sites for hydroxylation is 1. The summed E-state index contributed by atoms with van der Waals surface area (Å²) in [6.45, 7) is 5.24. The first-order valence-corrected chi connectivity index (χ1v) is 11.9. The summed E-state index contributed by atoms with van der Waals surface area (Å²) in [6.07, 6.45) is 1.96. The normalized spacial score (nSPS) is 18.0. The van der Waals surface area contributed by atoms with Crippen molar-refractivity contribution in [3.05, 3.63) is 54.1 Å². The molecule has 150 valence electrons. The van der Waals surface area contributed by atoms with Crippen LogP contribution in [0.4, 0.5) is 5.69 Å². The van der Waals surface area contributed by atoms with Gasteiger partial charge in [0.05, 0.1) is 10.6 Å². The summed E-state index contributed by atoms with van der Waals surface area (Å²) in [5.41, 5.74) is 1.78. The van der Waals surface area contributed by atoms with E-state index in [2.05, 4.69) is 12.2 Å². The molecule has 0 spiro atoms. The van der Waals surface area contributed by atoms with Crippen LogP contribution in [0.25, 0.3) is 0 Å². The predicted molar refractivity (Wildman–Crippen MR) is 114 cm³/mol. The standard InChI is InChI=1S/C21H26N2O3S2/c1-16-5-9-19(10-6-16)27-15-21(24)22-18-7-11-20(12-8-18)28(25,26)23-13-3-4-17(2)14-23/h5-12,17H,3-4,13-15H2,1-2H3,(H,22,24). The molecular formula is C21H26N2O3S2. The number of sulfonamides is 1. The van der Waals surface area contributed by atoms with Crippen LogP contribution in [0.5, 0.6) is 0 Å². The molecule has 2 aromatic rings. The lowest BCUT2D eigenvalue weighted by Crippen LogP contribution is -2.39. The molecule has 1 aliphatic heterocycles. The Bertz CT molecular complexity index is 910. The number of carbonyl (C=O) groups is 1. The van der Waals surface area contributed by atoms with E-state index in [-0.39, 0.29) is 10.8 Å². The number of benzene rings is 2. The van der Waals surface area contributed by atoms with Gasteiger partial charge in [-0.3, -0.25) is 4.79 Å². The van der Waals surface area contributed by atoms with Crippen LogP contribution < -0.4 is 5.32 Å². The summed E-state index contributed by atoms with van der Waals surface area (Å²) in [6, 6.07) is 14.5. The fraction of sp³-hybridized carbons (Fsp3) is 0.381. The van der Waals surface area contributed by atoms with Crippen LogP contribution in [-0.4, -0.2) is 37.5 Å². The van der Waals surface area contributed by atoms with Gasteiger partial charge in [0.2, 0.25) is 15.9 Å². The van der Waals surface area contributed by atoms with E-state index in [1.165, 1.54) is 17.3 Å². The van der Waals surface area contributed by atoms with E-state index < -0.39 is 10.0 Å². The molecule has 0 radical (unpaired) electrons. The third-order valence-corrected chi connectivity index (χ3v) is 7.68. The van der Waals surface area contributed by atoms with E-state index in [9.17, 15) is 13.2 Å². The maximum atomic E-state index is 12.8. The van der Waals surface area contributed by atoms with E-state index in [4.69, 9.17) is 0 Å². The van der Waals surface area contributed by atoms with Crippen molar-refractivity contribution < 1.29 is 13.2 Å². The number of rotatable bonds is 6. The van der Waals surface area contributed by atoms with Crippen molar-refractivity contribution in [1.29, 1.82) is 0 Å². The van der Waals surface area contributed by atoms with Gasteiger partial charge < -0.3 is 5.32 Å². The number of piperidine rings is 1. The number of nitrogens with one attached hydrogen (secondary N) is 1. The minimum atomic E-state index is -3.47. The summed E-state index contributed by atoms with van der Waals surface area (Å²) < 4.78 is 27.1. The molecule has 1 saturated heterocycles. The van der Waals surface area contributed by atoms with E-state index in [0.29, 0.717) is 30.4 Å². The average Bonchev–Trinajstić information content (AvgIpc) is 2.68. The van der Waals surface area contributed by atoms with Gasteiger partial charge in [0.1, 0.15) is 0 Å². The van der Waals surface area contributed by atoms with Gasteiger partial charge in [-0.2, -0.15) is 4.31 Å². The average molecular weight is 419 g/mol. The van der Waals surface area contributed by atoms with Gasteiger partial charge in [-0.1, -0.05) is 24.6 Å². The fourth-order valence-electron chi connectivity index (χ4n) is 3.20. The lowest BCUT2D eigenvalue weighted by molar-refractivity contribution is -0.113. The van der Waals surface area contributed by atoms with Crippen LogP contribution >= 0.6 is 11.8 Å². The number of anilines is 1. The number of thioether (sulfide) groups is 1. The fourth-order valence-corrected chi connectivity index (χ4v) is 5.50. The Kier molecular flexibility index (Phi) is 6.80. The van der Waals surface area contributed by atoms with Gasteiger partial charge in [-0.15, -0.1) is 11.8 Å². The summed E-state index contributed by atoms with van der Waals surface area (Å²) in [5, 5.41) is 2.82. The van der Waals surface area contributed by atoms with Gasteiger partial charge in [-0.05, 0) is 62.1 Å². The van der Waals surface area contributed by atoms with E-state index in [1.54, 1.807) is 28.6 Å². The maximum absolute atomic E-state index is 12.8. The monoisotopic (exact) mass is 418 g/mol. The van der Waals surface area contributed by atoms with Gasteiger partial charge in [0.25, 0.3) is 0 Å². The highest BCUT2D eigenvalue weighted by atomic mass is 32.2. The molecule has 0 aromatic heterocycles. The first-order valence-electron chi connectivity index (χ1n) is 9.44. The molecular weight excluding hydrogens is 392 g/mol. The van der Waals surface area contributed by atoms with Gasteiger partial charge in [-0.25, -0.2) is 8.42 Å². The first-order chi connectivity index (χ1) is 13.3. The van der Waals surface area contributed by atoms with Crippen LogP contribution in [0.1, 0.15) is 25.3 Å². The molecule has 1 aliphatic rings. The number of carbonyl (C=O) groups excluding carboxylic acids is 1. The summed E-state index contributed by atoms with van der Waals surface area (Å²) >= 11 is 1.47. The Morgan fingerprint density at radius 3 is 2.46 bits per heavy atom. The molecule has 1 unspecified atom stereocenters. The molecule has 1 heterocycles. The zero-order valence-electron chi connectivity index (χ0n) is 16.2. The molecule has 0 aliphatic carbocycles. The third-order valence-electron chi connectivity index (χ3n) is 4.79. The molecule has 0 bridgehead atoms. The molecule has 5 nitrogen and oxygen atoms in total. The molecule has 1 atom stereocenters. The lowest BCUT2D eigenvalue weighted by atomic mass is 10.0. The van der Waals surface area contributed by atoms with Crippen molar-refractivity contribution in [2.24, 2.45) is 5.92 Å². The van der Waals surface area contributed by atoms with Crippen LogP contribution in [0, 0.1) is 12.8 Å². The summed E-state index contributed by atoms with van der Waals surface area (Å²) in [7, 11) is -3.47. The molecule has 7 heteroatoms. The van der Waals surface area contributed by atoms with Crippen molar-refractivity contribution in [2.75, 3.05) is 24.2 Å². The topological polar surface area (TPSA) is 66.5 Å². The van der Waals surface area contributed by atoms with Crippen LogP contribution in [0.2, 0.25) is 0 Å². The smallest absolute Gasteiger partial charge is 0.243 e. The lowest BCUT2D eigenvalue weighted by Gasteiger charge is -2.30. The van der Waals surface area contributed by atoms with Crippen molar-refractivity contribution in [1.82, 2.24) is 4.31 Å². The Morgan fingerprint density at radius 1 is 1.14 bits per heavy atom. The SMILES string of the molecule is Cc1ccc(SCC(=O)Nc2ccc(S(=O)(=O)N3CCCC(C)C3)cc2)cc1. The molecule has 0 saturated carbocycles. The highest BCUT2D eigenvalue weighted by molar-refractivity contribution is 8.00. The van der Waals surface area contributed by atoms with Gasteiger partial charge in [0.15, 0.2) is 0 Å². The van der Waals surface area contributed by atoms with Crippen molar-refractivity contribution in [2.45, 2.75) is 36.5 Å². The third kappa shape index (κ3) is 5.37. The molecule has 28 heavy (non-hydrogen) atoms. The summed E-state index contributed by atoms with van der Waals surface area (Å²) in [4.78, 5) is 13.5. The minimum absolute atomic E-state index is 0.119. The molecule has 1 N–H and O–H groups in total. The molecule has 1 amide bonds. The largest absolute Gasteiger partial charge is 0.325 e. The zero-order chi connectivity index (χ0) is 20.1. The van der Waals surface area contributed by atoms with E-state index in [1.807, 2.05) is 31.2 Å². The first kappa shape index (κ1) is 20.9. The Labute approximate surface area is 171 Å². The quantitative estimate of drug-likeness (QED) is 0.716. The molecule has 3 rings (SSSR count). The van der Waals surface area contributed by atoms with Crippen molar-refractivity contribution in [3.8, 4) is 0 Å². The highest BCUT2D eigenvalue weighted by Crippen LogP contribution is 2.24.